The van der Waals surface area contributed by atoms with Gasteiger partial charge < -0.3 is 15.4 Å². The van der Waals surface area contributed by atoms with E-state index in [0.29, 0.717) is 11.4 Å². The molecule has 0 aliphatic rings. The number of nitrogens with two attached hydrogens (primary N) is 1. The van der Waals surface area contributed by atoms with Crippen LogP contribution in [0.1, 0.15) is 12.5 Å². The van der Waals surface area contributed by atoms with E-state index in [4.69, 9.17) is 9.88 Å². The Morgan fingerprint density at radius 1 is 1.16 bits per heavy atom. The smallest absolute Gasteiger partial charge is 0.246 e. The lowest BCUT2D eigenvalue weighted by molar-refractivity contribution is -0.116. The largest absolute Gasteiger partial charge is 0.495 e. The number of hydrogen-bond acceptors (Lipinski definition) is 5. The number of aryl methyl sites for hydroxylation is 1. The summed E-state index contributed by atoms with van der Waals surface area (Å²) in [5.74, 6) is 0.370. The Kier molecular flexibility index (Phi) is 5.66. The lowest BCUT2D eigenvalue weighted by Gasteiger charge is -2.18. The summed E-state index contributed by atoms with van der Waals surface area (Å²) in [7, 11) is -2.19. The van der Waals surface area contributed by atoms with Gasteiger partial charge in [0.15, 0.2) is 0 Å². The summed E-state index contributed by atoms with van der Waals surface area (Å²) in [5, 5.41) is 10.9. The Bertz CT molecular complexity index is 864. The molecule has 0 saturated carbocycles. The lowest BCUT2D eigenvalue weighted by Crippen LogP contribution is -2.32. The zero-order valence-electron chi connectivity index (χ0n) is 14.2. The monoisotopic (exact) mass is 363 g/mol. The van der Waals surface area contributed by atoms with Gasteiger partial charge in [-0.05, 0) is 55.8 Å². The normalized spacial score (nSPS) is 12.3. The molecule has 7 nitrogen and oxygen atoms in total. The summed E-state index contributed by atoms with van der Waals surface area (Å²) in [6.45, 7) is 3.66. The zero-order chi connectivity index (χ0) is 18.6. The molecule has 2 aromatic rings. The zero-order valence-corrected chi connectivity index (χ0v) is 15.1. The van der Waals surface area contributed by atoms with E-state index >= 15 is 0 Å². The van der Waals surface area contributed by atoms with Crippen LogP contribution in [0.2, 0.25) is 0 Å². The third kappa shape index (κ3) is 4.94. The Labute approximate surface area is 147 Å². The summed E-state index contributed by atoms with van der Waals surface area (Å²) in [6, 6.07) is 10.8. The molecule has 134 valence electrons. The summed E-state index contributed by atoms with van der Waals surface area (Å²) in [6.07, 6.45) is 0. The van der Waals surface area contributed by atoms with Gasteiger partial charge in [-0.15, -0.1) is 0 Å². The van der Waals surface area contributed by atoms with Crippen LogP contribution in [0.3, 0.4) is 0 Å². The Balaban J connectivity index is 2.07. The van der Waals surface area contributed by atoms with Crippen LogP contribution in [0.4, 0.5) is 11.4 Å². The minimum absolute atomic E-state index is 0.0128. The number of benzene rings is 2. The standard InChI is InChI=1S/C17H21N3O4S/c1-11-4-9-16(24-3)15(10-11)19-12(2)17(21)20-13-5-7-14(8-6-13)25(18,22)23/h4-10,12,19H,1-3H3,(H,20,21)(H2,18,22,23)/t12-/m1/s1. The second kappa shape index (κ2) is 7.54. The number of anilines is 2. The van der Waals surface area contributed by atoms with Crippen molar-refractivity contribution < 1.29 is 17.9 Å². The highest BCUT2D eigenvalue weighted by atomic mass is 32.2. The van der Waals surface area contributed by atoms with Gasteiger partial charge in [-0.1, -0.05) is 6.07 Å². The molecule has 8 heteroatoms. The maximum absolute atomic E-state index is 12.3. The topological polar surface area (TPSA) is 111 Å². The van der Waals surface area contributed by atoms with Gasteiger partial charge in [0.05, 0.1) is 17.7 Å². The van der Waals surface area contributed by atoms with Gasteiger partial charge in [0.2, 0.25) is 15.9 Å². The van der Waals surface area contributed by atoms with E-state index < -0.39 is 16.1 Å². The second-order valence-electron chi connectivity index (χ2n) is 5.63. The molecule has 2 aromatic carbocycles. The van der Waals surface area contributed by atoms with Crippen LogP contribution in [0.15, 0.2) is 47.4 Å². The summed E-state index contributed by atoms with van der Waals surface area (Å²) in [5.41, 5.74) is 2.23. The van der Waals surface area contributed by atoms with E-state index in [1.54, 1.807) is 14.0 Å². The first-order valence-corrected chi connectivity index (χ1v) is 9.10. The molecule has 0 saturated heterocycles. The molecule has 0 heterocycles. The first-order chi connectivity index (χ1) is 11.7. The van der Waals surface area contributed by atoms with Crippen LogP contribution >= 0.6 is 0 Å². The number of carbonyl (C=O) groups excluding carboxylic acids is 1. The van der Waals surface area contributed by atoms with Gasteiger partial charge in [0.25, 0.3) is 0 Å². The minimum atomic E-state index is -3.76. The second-order valence-corrected chi connectivity index (χ2v) is 7.19. The summed E-state index contributed by atoms with van der Waals surface area (Å²) >= 11 is 0. The fourth-order valence-electron chi connectivity index (χ4n) is 2.21. The van der Waals surface area contributed by atoms with E-state index in [9.17, 15) is 13.2 Å². The van der Waals surface area contributed by atoms with Gasteiger partial charge in [-0.25, -0.2) is 13.6 Å². The number of nitrogens with one attached hydrogen (secondary N) is 2. The van der Waals surface area contributed by atoms with Crippen molar-refractivity contribution >= 4 is 27.3 Å². The quantitative estimate of drug-likeness (QED) is 0.728. The van der Waals surface area contributed by atoms with Gasteiger partial charge in [-0.3, -0.25) is 4.79 Å². The number of sulfonamides is 1. The van der Waals surface area contributed by atoms with Gasteiger partial charge >= 0.3 is 0 Å². The molecule has 0 unspecified atom stereocenters. The first-order valence-electron chi connectivity index (χ1n) is 7.55. The van der Waals surface area contributed by atoms with Crippen LogP contribution in [-0.4, -0.2) is 27.5 Å². The number of ether oxygens (including phenoxy) is 1. The molecule has 0 bridgehead atoms. The molecule has 0 aliphatic carbocycles. The number of rotatable bonds is 6. The molecular formula is C17H21N3O4S. The molecule has 2 rings (SSSR count). The predicted octanol–water partition coefficient (Wildman–Crippen LogP) is 2.09. The van der Waals surface area contributed by atoms with Crippen molar-refractivity contribution in [2.24, 2.45) is 5.14 Å². The minimum Gasteiger partial charge on any atom is -0.495 e. The highest BCUT2D eigenvalue weighted by molar-refractivity contribution is 7.89. The van der Waals surface area contributed by atoms with Crippen LogP contribution in [0.5, 0.6) is 5.75 Å². The van der Waals surface area contributed by atoms with E-state index in [0.717, 1.165) is 11.3 Å². The molecule has 0 fully saturated rings. The number of carbonyl (C=O) groups is 1. The summed E-state index contributed by atoms with van der Waals surface area (Å²) < 4.78 is 27.7. The van der Waals surface area contributed by atoms with E-state index in [1.807, 2.05) is 25.1 Å². The molecule has 0 radical (unpaired) electrons. The van der Waals surface area contributed by atoms with Crippen LogP contribution in [0, 0.1) is 6.92 Å². The number of primary sulfonamides is 1. The molecule has 0 aliphatic heterocycles. The number of amides is 1. The van der Waals surface area contributed by atoms with Gasteiger partial charge in [0.1, 0.15) is 11.8 Å². The fraction of sp³-hybridized carbons (Fsp3) is 0.235. The first kappa shape index (κ1) is 18.8. The van der Waals surface area contributed by atoms with Gasteiger partial charge in [-0.2, -0.15) is 0 Å². The predicted molar refractivity (Wildman–Crippen MR) is 97.3 cm³/mol. The van der Waals surface area contributed by atoms with Gasteiger partial charge in [0, 0.05) is 5.69 Å². The average molecular weight is 363 g/mol. The molecule has 1 atom stereocenters. The SMILES string of the molecule is COc1ccc(C)cc1N[C@H](C)C(=O)Nc1ccc(S(N)(=O)=O)cc1. The Hall–Kier alpha value is -2.58. The van der Waals surface area contributed by atoms with Crippen LogP contribution in [0.25, 0.3) is 0 Å². The van der Waals surface area contributed by atoms with Crippen molar-refractivity contribution in [2.45, 2.75) is 24.8 Å². The van der Waals surface area contributed by atoms with Crippen molar-refractivity contribution in [2.75, 3.05) is 17.7 Å². The molecule has 25 heavy (non-hydrogen) atoms. The number of methoxy groups -OCH3 is 1. The third-order valence-electron chi connectivity index (χ3n) is 3.57. The third-order valence-corrected chi connectivity index (χ3v) is 4.50. The fourth-order valence-corrected chi connectivity index (χ4v) is 2.73. The van der Waals surface area contributed by atoms with Crippen molar-refractivity contribution in [1.82, 2.24) is 0 Å². The molecular weight excluding hydrogens is 342 g/mol. The Morgan fingerprint density at radius 2 is 1.80 bits per heavy atom. The molecule has 4 N–H and O–H groups in total. The van der Waals surface area contributed by atoms with Crippen molar-refractivity contribution in [1.29, 1.82) is 0 Å². The van der Waals surface area contributed by atoms with E-state index in [1.165, 1.54) is 24.3 Å². The van der Waals surface area contributed by atoms with Crippen molar-refractivity contribution in [3.63, 3.8) is 0 Å². The Morgan fingerprint density at radius 3 is 2.36 bits per heavy atom. The maximum Gasteiger partial charge on any atom is 0.246 e. The highest BCUT2D eigenvalue weighted by Gasteiger charge is 2.15. The highest BCUT2D eigenvalue weighted by Crippen LogP contribution is 2.26. The maximum atomic E-state index is 12.3. The average Bonchev–Trinajstić information content (AvgIpc) is 2.54. The molecule has 1 amide bonds. The molecule has 0 spiro atoms. The number of hydrogen-bond donors (Lipinski definition) is 3. The molecule has 0 aromatic heterocycles. The van der Waals surface area contributed by atoms with Crippen LogP contribution < -0.4 is 20.5 Å². The van der Waals surface area contributed by atoms with E-state index in [-0.39, 0.29) is 10.8 Å². The lowest BCUT2D eigenvalue weighted by atomic mass is 10.2. The van der Waals surface area contributed by atoms with Crippen molar-refractivity contribution in [3.8, 4) is 5.75 Å². The van der Waals surface area contributed by atoms with Crippen molar-refractivity contribution in [3.05, 3.63) is 48.0 Å². The summed E-state index contributed by atoms with van der Waals surface area (Å²) in [4.78, 5) is 12.3. The van der Waals surface area contributed by atoms with E-state index in [2.05, 4.69) is 10.6 Å². The van der Waals surface area contributed by atoms with Crippen LogP contribution in [-0.2, 0) is 14.8 Å².